The molecule has 186 valence electrons. The Morgan fingerprint density at radius 2 is 1.60 bits per heavy atom. The van der Waals surface area contributed by atoms with E-state index in [9.17, 15) is 19.5 Å². The topological polar surface area (TPSA) is 95.9 Å². The number of rotatable bonds is 7. The Labute approximate surface area is 206 Å². The van der Waals surface area contributed by atoms with Gasteiger partial charge in [0.2, 0.25) is 5.91 Å². The van der Waals surface area contributed by atoms with Gasteiger partial charge in [0.1, 0.15) is 12.1 Å². The summed E-state index contributed by atoms with van der Waals surface area (Å²) in [6.07, 6.45) is 1.04. The predicted molar refractivity (Wildman–Crippen MR) is 133 cm³/mol. The first-order valence-corrected chi connectivity index (χ1v) is 12.5. The molecular weight excluding hydrogens is 444 g/mol. The molecule has 0 bridgehead atoms. The second-order valence-corrected chi connectivity index (χ2v) is 9.65. The highest BCUT2D eigenvalue weighted by atomic mass is 16.5. The zero-order chi connectivity index (χ0) is 25.2. The van der Waals surface area contributed by atoms with Gasteiger partial charge in [-0.3, -0.25) is 9.59 Å². The van der Waals surface area contributed by atoms with Gasteiger partial charge in [0.25, 0.3) is 0 Å². The molecule has 0 saturated carbocycles. The summed E-state index contributed by atoms with van der Waals surface area (Å²) in [6.45, 7) is 6.17. The lowest BCUT2D eigenvalue weighted by Gasteiger charge is -2.42. The molecule has 1 fully saturated rings. The number of amides is 2. The van der Waals surface area contributed by atoms with Crippen LogP contribution >= 0.6 is 0 Å². The van der Waals surface area contributed by atoms with E-state index in [-0.39, 0.29) is 24.5 Å². The van der Waals surface area contributed by atoms with Crippen molar-refractivity contribution >= 4 is 18.0 Å². The molecular formula is C28H34N2O5. The predicted octanol–water partition coefficient (Wildman–Crippen LogP) is 4.80. The Morgan fingerprint density at radius 1 is 1.03 bits per heavy atom. The van der Waals surface area contributed by atoms with Crippen LogP contribution in [0.2, 0.25) is 0 Å². The van der Waals surface area contributed by atoms with Gasteiger partial charge in [-0.15, -0.1) is 0 Å². The number of ether oxygens (including phenoxy) is 1. The van der Waals surface area contributed by atoms with Gasteiger partial charge in [-0.2, -0.15) is 0 Å². The largest absolute Gasteiger partial charge is 0.481 e. The molecule has 1 heterocycles. The minimum absolute atomic E-state index is 0.0587. The van der Waals surface area contributed by atoms with Crippen molar-refractivity contribution in [2.24, 2.45) is 5.92 Å². The molecule has 35 heavy (non-hydrogen) atoms. The zero-order valence-corrected chi connectivity index (χ0v) is 20.6. The van der Waals surface area contributed by atoms with E-state index in [4.69, 9.17) is 4.74 Å². The van der Waals surface area contributed by atoms with Crippen molar-refractivity contribution in [3.05, 3.63) is 59.7 Å². The molecule has 7 heteroatoms. The number of piperidine rings is 1. The maximum atomic E-state index is 13.6. The molecule has 2 amide bonds. The number of alkyl carbamates (subject to hydrolysis) is 1. The molecule has 1 saturated heterocycles. The number of nitrogens with one attached hydrogen (secondary N) is 1. The van der Waals surface area contributed by atoms with Crippen LogP contribution in [0.1, 0.15) is 63.5 Å². The van der Waals surface area contributed by atoms with Crippen LogP contribution < -0.4 is 5.32 Å². The van der Waals surface area contributed by atoms with Crippen LogP contribution in [-0.4, -0.2) is 52.7 Å². The Bertz CT molecular complexity index is 1060. The summed E-state index contributed by atoms with van der Waals surface area (Å²) < 4.78 is 5.71. The molecule has 2 aliphatic rings. The van der Waals surface area contributed by atoms with E-state index in [0.29, 0.717) is 32.2 Å². The first-order chi connectivity index (χ1) is 16.8. The average molecular weight is 479 g/mol. The van der Waals surface area contributed by atoms with Crippen molar-refractivity contribution in [2.45, 2.75) is 64.0 Å². The lowest BCUT2D eigenvalue weighted by molar-refractivity contribution is -0.150. The van der Waals surface area contributed by atoms with Crippen LogP contribution in [0.15, 0.2) is 48.5 Å². The van der Waals surface area contributed by atoms with Crippen molar-refractivity contribution in [3.63, 3.8) is 0 Å². The number of hydrogen-bond acceptors (Lipinski definition) is 4. The third kappa shape index (κ3) is 4.64. The van der Waals surface area contributed by atoms with E-state index in [1.54, 1.807) is 4.90 Å². The number of carbonyl (C=O) groups excluding carboxylic acids is 2. The van der Waals surface area contributed by atoms with Crippen LogP contribution in [0.25, 0.3) is 11.1 Å². The summed E-state index contributed by atoms with van der Waals surface area (Å²) in [5, 5.41) is 12.2. The molecule has 2 aromatic rings. The quantitative estimate of drug-likeness (QED) is 0.596. The van der Waals surface area contributed by atoms with Crippen LogP contribution in [0.5, 0.6) is 0 Å². The highest BCUT2D eigenvalue weighted by Gasteiger charge is 2.43. The smallest absolute Gasteiger partial charge is 0.408 e. The molecule has 2 aromatic carbocycles. The van der Waals surface area contributed by atoms with Gasteiger partial charge in [0.15, 0.2) is 0 Å². The summed E-state index contributed by atoms with van der Waals surface area (Å²) in [7, 11) is 0. The molecule has 0 unspecified atom stereocenters. The highest BCUT2D eigenvalue weighted by molar-refractivity contribution is 5.90. The van der Waals surface area contributed by atoms with Crippen molar-refractivity contribution in [1.82, 2.24) is 10.2 Å². The SMILES string of the molecule is CCC(CC)(NC(=O)OCC1c2ccccc2-c2ccccc21)C(=O)N1CC[C@@H](C(=O)O)C[C@H]1C. The Kier molecular flexibility index (Phi) is 7.15. The van der Waals surface area contributed by atoms with Gasteiger partial charge in [-0.05, 0) is 54.9 Å². The van der Waals surface area contributed by atoms with Gasteiger partial charge in [0, 0.05) is 18.5 Å². The summed E-state index contributed by atoms with van der Waals surface area (Å²) in [5.74, 6) is -1.50. The molecule has 0 aromatic heterocycles. The van der Waals surface area contributed by atoms with E-state index < -0.39 is 23.5 Å². The molecule has 7 nitrogen and oxygen atoms in total. The first kappa shape index (κ1) is 24.8. The van der Waals surface area contributed by atoms with Gasteiger partial charge >= 0.3 is 12.1 Å². The molecule has 2 N–H and O–H groups in total. The third-order valence-electron chi connectivity index (χ3n) is 7.79. The lowest BCUT2D eigenvalue weighted by Crippen LogP contribution is -2.62. The maximum Gasteiger partial charge on any atom is 0.408 e. The number of benzene rings is 2. The Hall–Kier alpha value is -3.35. The zero-order valence-electron chi connectivity index (χ0n) is 20.6. The molecule has 2 atom stereocenters. The minimum atomic E-state index is -1.09. The number of nitrogens with zero attached hydrogens (tertiary/aromatic N) is 1. The number of carbonyl (C=O) groups is 3. The highest BCUT2D eigenvalue weighted by Crippen LogP contribution is 2.44. The Morgan fingerprint density at radius 3 is 2.11 bits per heavy atom. The number of fused-ring (bicyclic) bond motifs is 3. The standard InChI is InChI=1S/C28H34N2O5/c1-4-28(5-2,26(33)30-15-14-19(25(31)32)16-18(30)3)29-27(34)35-17-24-22-12-8-6-10-20(22)21-11-7-9-13-23(21)24/h6-13,18-19,24H,4-5,14-17H2,1-3H3,(H,29,34)(H,31,32)/t18-,19-/m1/s1. The van der Waals surface area contributed by atoms with Crippen molar-refractivity contribution in [3.8, 4) is 11.1 Å². The lowest BCUT2D eigenvalue weighted by atomic mass is 9.86. The van der Waals surface area contributed by atoms with Gasteiger partial charge in [0.05, 0.1) is 5.92 Å². The van der Waals surface area contributed by atoms with E-state index >= 15 is 0 Å². The molecule has 1 aliphatic heterocycles. The third-order valence-corrected chi connectivity index (χ3v) is 7.79. The Balaban J connectivity index is 1.45. The maximum absolute atomic E-state index is 13.6. The van der Waals surface area contributed by atoms with Crippen molar-refractivity contribution < 1.29 is 24.2 Å². The van der Waals surface area contributed by atoms with E-state index in [1.165, 1.54) is 0 Å². The number of likely N-dealkylation sites (tertiary alicyclic amines) is 1. The van der Waals surface area contributed by atoms with Crippen LogP contribution in [0.4, 0.5) is 4.79 Å². The summed E-state index contributed by atoms with van der Waals surface area (Å²) >= 11 is 0. The summed E-state index contributed by atoms with van der Waals surface area (Å²) in [6, 6.07) is 16.1. The monoisotopic (exact) mass is 478 g/mol. The second-order valence-electron chi connectivity index (χ2n) is 9.65. The van der Waals surface area contributed by atoms with E-state index in [1.807, 2.05) is 45.0 Å². The summed E-state index contributed by atoms with van der Waals surface area (Å²) in [5.41, 5.74) is 3.48. The van der Waals surface area contributed by atoms with Crippen molar-refractivity contribution in [2.75, 3.05) is 13.2 Å². The number of hydrogen-bond donors (Lipinski definition) is 2. The number of carboxylic acids is 1. The van der Waals surface area contributed by atoms with Crippen LogP contribution in [0.3, 0.4) is 0 Å². The van der Waals surface area contributed by atoms with Crippen LogP contribution in [-0.2, 0) is 14.3 Å². The number of carboxylic acid groups (broad SMARTS) is 1. The fourth-order valence-corrected chi connectivity index (χ4v) is 5.59. The first-order valence-electron chi connectivity index (χ1n) is 12.5. The summed E-state index contributed by atoms with van der Waals surface area (Å²) in [4.78, 5) is 39.7. The fourth-order valence-electron chi connectivity index (χ4n) is 5.59. The molecule has 4 rings (SSSR count). The molecule has 0 radical (unpaired) electrons. The minimum Gasteiger partial charge on any atom is -0.481 e. The van der Waals surface area contributed by atoms with Gasteiger partial charge < -0.3 is 20.1 Å². The number of aliphatic carboxylic acids is 1. The van der Waals surface area contributed by atoms with Gasteiger partial charge in [-0.25, -0.2) is 4.79 Å². The van der Waals surface area contributed by atoms with E-state index in [0.717, 1.165) is 22.3 Å². The fraction of sp³-hybridized carbons (Fsp3) is 0.464. The van der Waals surface area contributed by atoms with Gasteiger partial charge in [-0.1, -0.05) is 62.4 Å². The molecule has 1 aliphatic carbocycles. The normalized spacial score (nSPS) is 19.6. The van der Waals surface area contributed by atoms with E-state index in [2.05, 4.69) is 29.6 Å². The van der Waals surface area contributed by atoms with Crippen LogP contribution in [0, 0.1) is 5.92 Å². The van der Waals surface area contributed by atoms with Crippen molar-refractivity contribution in [1.29, 1.82) is 0 Å². The second kappa shape index (κ2) is 10.1. The average Bonchev–Trinajstić information content (AvgIpc) is 3.19. The molecule has 0 spiro atoms.